The number of ketones is 1. The normalized spacial score (nSPS) is 11.1. The lowest BCUT2D eigenvalue weighted by atomic mass is 10.0. The second kappa shape index (κ2) is 11.5. The SMILES string of the molecule is O=C(CSc1nnc(Cn2nc(Cc3ccccc3)c3ccccc3c2=O)n1-c1ccccc1)c1ccccc1. The summed E-state index contributed by atoms with van der Waals surface area (Å²) in [6.07, 6.45) is 0.593. The Morgan fingerprint density at radius 2 is 1.35 bits per heavy atom. The van der Waals surface area contributed by atoms with E-state index in [1.807, 2.05) is 95.6 Å². The monoisotopic (exact) mass is 543 g/mol. The molecule has 0 unspecified atom stereocenters. The van der Waals surface area contributed by atoms with Crippen molar-refractivity contribution in [3.8, 4) is 5.69 Å². The molecule has 2 aromatic heterocycles. The summed E-state index contributed by atoms with van der Waals surface area (Å²) in [6, 6.07) is 36.6. The van der Waals surface area contributed by atoms with Crippen LogP contribution in [0.15, 0.2) is 125 Å². The van der Waals surface area contributed by atoms with Crippen LogP contribution in [0.1, 0.15) is 27.4 Å². The summed E-state index contributed by atoms with van der Waals surface area (Å²) >= 11 is 1.32. The van der Waals surface area contributed by atoms with Crippen LogP contribution in [0.3, 0.4) is 0 Å². The topological polar surface area (TPSA) is 82.7 Å². The van der Waals surface area contributed by atoms with Crippen molar-refractivity contribution in [1.29, 1.82) is 0 Å². The number of nitrogens with zero attached hydrogens (tertiary/aromatic N) is 5. The highest BCUT2D eigenvalue weighted by Gasteiger charge is 2.19. The van der Waals surface area contributed by atoms with Gasteiger partial charge in [-0.25, -0.2) is 4.68 Å². The molecule has 0 aliphatic heterocycles. The maximum Gasteiger partial charge on any atom is 0.275 e. The van der Waals surface area contributed by atoms with Crippen molar-refractivity contribution in [2.45, 2.75) is 18.1 Å². The van der Waals surface area contributed by atoms with Gasteiger partial charge >= 0.3 is 0 Å². The molecule has 196 valence electrons. The third kappa shape index (κ3) is 5.34. The van der Waals surface area contributed by atoms with Gasteiger partial charge in [0, 0.05) is 23.1 Å². The molecule has 0 aliphatic rings. The van der Waals surface area contributed by atoms with E-state index < -0.39 is 0 Å². The van der Waals surface area contributed by atoms with Crippen LogP contribution in [-0.2, 0) is 13.0 Å². The van der Waals surface area contributed by atoms with Crippen molar-refractivity contribution in [3.05, 3.63) is 148 Å². The van der Waals surface area contributed by atoms with Crippen LogP contribution >= 0.6 is 11.8 Å². The predicted octanol–water partition coefficient (Wildman–Crippen LogP) is 5.59. The molecule has 0 saturated carbocycles. The molecule has 40 heavy (non-hydrogen) atoms. The molecule has 6 aromatic rings. The maximum absolute atomic E-state index is 13.6. The van der Waals surface area contributed by atoms with Gasteiger partial charge in [0.2, 0.25) is 0 Å². The van der Waals surface area contributed by atoms with Gasteiger partial charge in [0.05, 0.1) is 16.8 Å². The molecular formula is C32H25N5O2S. The van der Waals surface area contributed by atoms with Crippen LogP contribution in [0, 0.1) is 0 Å². The first kappa shape index (κ1) is 25.5. The third-order valence-electron chi connectivity index (χ3n) is 6.59. The summed E-state index contributed by atoms with van der Waals surface area (Å²) in [4.78, 5) is 26.3. The first-order valence-electron chi connectivity index (χ1n) is 12.9. The van der Waals surface area contributed by atoms with Gasteiger partial charge in [-0.3, -0.25) is 14.2 Å². The molecular weight excluding hydrogens is 518 g/mol. The number of benzene rings is 4. The summed E-state index contributed by atoms with van der Waals surface area (Å²) in [5.74, 6) is 0.772. The Morgan fingerprint density at radius 3 is 2.08 bits per heavy atom. The highest BCUT2D eigenvalue weighted by atomic mass is 32.2. The molecule has 0 amide bonds. The second-order valence-electron chi connectivity index (χ2n) is 9.27. The zero-order valence-electron chi connectivity index (χ0n) is 21.6. The van der Waals surface area contributed by atoms with E-state index in [-0.39, 0.29) is 23.6 Å². The molecule has 8 heteroatoms. The summed E-state index contributed by atoms with van der Waals surface area (Å²) in [5.41, 5.74) is 3.23. The lowest BCUT2D eigenvalue weighted by Gasteiger charge is -2.13. The van der Waals surface area contributed by atoms with Crippen molar-refractivity contribution >= 4 is 28.3 Å². The van der Waals surface area contributed by atoms with Gasteiger partial charge in [0.25, 0.3) is 5.56 Å². The minimum atomic E-state index is -0.191. The average molecular weight is 544 g/mol. The van der Waals surface area contributed by atoms with E-state index in [1.165, 1.54) is 16.4 Å². The predicted molar refractivity (Wildman–Crippen MR) is 157 cm³/mol. The number of aromatic nitrogens is 5. The summed E-state index contributed by atoms with van der Waals surface area (Å²) in [6.45, 7) is 0.126. The zero-order valence-corrected chi connectivity index (χ0v) is 22.4. The fraction of sp³-hybridized carbons (Fsp3) is 0.0938. The van der Waals surface area contributed by atoms with Crippen molar-refractivity contribution in [1.82, 2.24) is 24.5 Å². The first-order chi connectivity index (χ1) is 19.7. The lowest BCUT2D eigenvalue weighted by molar-refractivity contribution is 0.102. The number of fused-ring (bicyclic) bond motifs is 1. The van der Waals surface area contributed by atoms with Crippen LogP contribution < -0.4 is 5.56 Å². The van der Waals surface area contributed by atoms with E-state index in [4.69, 9.17) is 5.10 Å². The fourth-order valence-electron chi connectivity index (χ4n) is 4.64. The lowest BCUT2D eigenvalue weighted by Crippen LogP contribution is -2.26. The van der Waals surface area contributed by atoms with Crippen LogP contribution in [-0.4, -0.2) is 36.1 Å². The number of thioether (sulfide) groups is 1. The van der Waals surface area contributed by atoms with Crippen molar-refractivity contribution in [2.24, 2.45) is 0 Å². The quantitative estimate of drug-likeness (QED) is 0.175. The number of rotatable bonds is 9. The van der Waals surface area contributed by atoms with Gasteiger partial charge in [-0.05, 0) is 23.8 Å². The molecule has 0 N–H and O–H groups in total. The van der Waals surface area contributed by atoms with Gasteiger partial charge in [0.1, 0.15) is 6.54 Å². The number of carbonyl (C=O) groups excluding carboxylic acids is 1. The molecule has 0 radical (unpaired) electrons. The smallest absolute Gasteiger partial charge is 0.275 e. The highest BCUT2D eigenvalue weighted by molar-refractivity contribution is 7.99. The molecule has 4 aromatic carbocycles. The summed E-state index contributed by atoms with van der Waals surface area (Å²) in [7, 11) is 0. The number of Topliss-reactive ketones (excluding diaryl/α,β-unsaturated/α-hetero) is 1. The third-order valence-corrected chi connectivity index (χ3v) is 7.52. The Kier molecular flexibility index (Phi) is 7.32. The van der Waals surface area contributed by atoms with Crippen molar-refractivity contribution in [3.63, 3.8) is 0 Å². The van der Waals surface area contributed by atoms with Crippen molar-refractivity contribution in [2.75, 3.05) is 5.75 Å². The van der Waals surface area contributed by atoms with E-state index in [9.17, 15) is 9.59 Å². The Bertz CT molecular complexity index is 1830. The van der Waals surface area contributed by atoms with Gasteiger partial charge in [0.15, 0.2) is 16.8 Å². The number of carbonyl (C=O) groups is 1. The fourth-order valence-corrected chi connectivity index (χ4v) is 5.50. The minimum Gasteiger partial charge on any atom is -0.293 e. The zero-order chi connectivity index (χ0) is 27.3. The van der Waals surface area contributed by atoms with E-state index in [2.05, 4.69) is 22.3 Å². The van der Waals surface area contributed by atoms with E-state index in [1.54, 1.807) is 12.1 Å². The molecule has 6 rings (SSSR count). The Morgan fingerprint density at radius 1 is 0.725 bits per heavy atom. The number of para-hydroxylation sites is 1. The van der Waals surface area contributed by atoms with Crippen molar-refractivity contribution < 1.29 is 4.79 Å². The summed E-state index contributed by atoms with van der Waals surface area (Å²) < 4.78 is 3.36. The molecule has 0 atom stereocenters. The first-order valence-corrected chi connectivity index (χ1v) is 13.9. The number of hydrogen-bond donors (Lipinski definition) is 0. The summed E-state index contributed by atoms with van der Waals surface area (Å²) in [5, 5.41) is 15.7. The molecule has 0 saturated heterocycles. The molecule has 0 aliphatic carbocycles. The number of hydrogen-bond acceptors (Lipinski definition) is 6. The van der Waals surface area contributed by atoms with E-state index in [0.29, 0.717) is 28.4 Å². The molecule has 2 heterocycles. The molecule has 0 fully saturated rings. The largest absolute Gasteiger partial charge is 0.293 e. The minimum absolute atomic E-state index is 0.00716. The van der Waals surface area contributed by atoms with E-state index >= 15 is 0 Å². The average Bonchev–Trinajstić information content (AvgIpc) is 3.42. The Balaban J connectivity index is 1.37. The standard InChI is InChI=1S/C32H25N5O2S/c38-29(24-14-6-2-7-15-24)22-40-32-34-33-30(37(32)25-16-8-3-9-17-25)21-36-31(39)27-19-11-10-18-26(27)28(35-36)20-23-12-4-1-5-13-23/h1-19H,20-22H2. The van der Waals surface area contributed by atoms with Crippen LogP contribution in [0.25, 0.3) is 16.5 Å². The van der Waals surface area contributed by atoms with Crippen LogP contribution in [0.2, 0.25) is 0 Å². The Hall–Kier alpha value is -4.82. The van der Waals surface area contributed by atoms with E-state index in [0.717, 1.165) is 22.3 Å². The van der Waals surface area contributed by atoms with Gasteiger partial charge < -0.3 is 0 Å². The van der Waals surface area contributed by atoms with Gasteiger partial charge in [-0.2, -0.15) is 5.10 Å². The second-order valence-corrected chi connectivity index (χ2v) is 10.2. The maximum atomic E-state index is 13.6. The van der Waals surface area contributed by atoms with Gasteiger partial charge in [-0.1, -0.05) is 109 Å². The highest BCUT2D eigenvalue weighted by Crippen LogP contribution is 2.24. The molecule has 7 nitrogen and oxygen atoms in total. The molecule has 0 spiro atoms. The van der Waals surface area contributed by atoms with Gasteiger partial charge in [-0.15, -0.1) is 10.2 Å². The Labute approximate surface area is 235 Å². The molecule has 0 bridgehead atoms. The van der Waals surface area contributed by atoms with Crippen LogP contribution in [0.5, 0.6) is 0 Å². The van der Waals surface area contributed by atoms with Crippen LogP contribution in [0.4, 0.5) is 0 Å².